The van der Waals surface area contributed by atoms with Crippen LogP contribution in [0.15, 0.2) is 60.7 Å². The third kappa shape index (κ3) is 6.36. The van der Waals surface area contributed by atoms with Crippen LogP contribution in [0.25, 0.3) is 0 Å². The second-order valence-electron chi connectivity index (χ2n) is 7.01. The molecule has 170 valence electrons. The zero-order valence-corrected chi connectivity index (χ0v) is 19.1. The molecule has 3 rings (SSSR count). The van der Waals surface area contributed by atoms with Gasteiger partial charge in [-0.3, -0.25) is 5.41 Å². The first kappa shape index (κ1) is 24.3. The van der Waals surface area contributed by atoms with E-state index in [4.69, 9.17) is 59.2 Å². The van der Waals surface area contributed by atoms with Gasteiger partial charge in [0.05, 0.1) is 17.2 Å². The second-order valence-corrected chi connectivity index (χ2v) is 9.29. The molecule has 0 saturated carbocycles. The Kier molecular flexibility index (Phi) is 8.00. The summed E-state index contributed by atoms with van der Waals surface area (Å²) in [4.78, 5) is 25.1. The van der Waals surface area contributed by atoms with Crippen molar-refractivity contribution in [1.29, 1.82) is 5.41 Å². The van der Waals surface area contributed by atoms with Gasteiger partial charge in [0, 0.05) is 6.42 Å². The van der Waals surface area contributed by atoms with Gasteiger partial charge in [-0.15, -0.1) is 0 Å². The van der Waals surface area contributed by atoms with Crippen LogP contribution in [-0.2, 0) is 18.9 Å². The molecule has 0 radical (unpaired) electrons. The standard InChI is InChI=1S/C22H20Cl3NO6/c1-13-16(30-18(27)14-8-4-2-5-9-14)12-17(20(29-13)32-21(26)22(23,24)25)31-19(28)15-10-6-3-7-11-15/h2-11,13,16-17,20,26H,12H2,1H3/t13?,16-,17+,20?/m1/s1. The lowest BCUT2D eigenvalue weighted by molar-refractivity contribution is -0.234. The third-order valence-corrected chi connectivity index (χ3v) is 5.18. The molecule has 0 spiro atoms. The predicted octanol–water partition coefficient (Wildman–Crippen LogP) is 4.94. The third-order valence-electron chi connectivity index (χ3n) is 4.67. The molecule has 4 atom stereocenters. The molecule has 1 aliphatic rings. The summed E-state index contributed by atoms with van der Waals surface area (Å²) < 4.78 is 20.1. The molecule has 0 bridgehead atoms. The summed E-state index contributed by atoms with van der Waals surface area (Å²) in [6.45, 7) is 1.66. The Bertz CT molecular complexity index is 951. The molecule has 2 unspecified atom stereocenters. The minimum Gasteiger partial charge on any atom is -0.456 e. The van der Waals surface area contributed by atoms with Crippen molar-refractivity contribution >= 4 is 52.6 Å². The zero-order valence-electron chi connectivity index (χ0n) is 16.9. The molecule has 2 aromatic carbocycles. The highest BCUT2D eigenvalue weighted by Crippen LogP contribution is 2.32. The molecule has 0 aliphatic carbocycles. The molecule has 7 nitrogen and oxygen atoms in total. The van der Waals surface area contributed by atoms with Gasteiger partial charge in [-0.25, -0.2) is 9.59 Å². The van der Waals surface area contributed by atoms with E-state index in [2.05, 4.69) is 0 Å². The van der Waals surface area contributed by atoms with Gasteiger partial charge < -0.3 is 18.9 Å². The number of esters is 2. The zero-order chi connectivity index (χ0) is 23.3. The van der Waals surface area contributed by atoms with Crippen LogP contribution in [0.3, 0.4) is 0 Å². The van der Waals surface area contributed by atoms with Crippen molar-refractivity contribution in [2.45, 2.75) is 41.7 Å². The van der Waals surface area contributed by atoms with Crippen molar-refractivity contribution < 1.29 is 28.5 Å². The van der Waals surface area contributed by atoms with Gasteiger partial charge in [0.2, 0.25) is 12.2 Å². The average molecular weight is 501 g/mol. The van der Waals surface area contributed by atoms with Crippen molar-refractivity contribution in [3.63, 3.8) is 0 Å². The van der Waals surface area contributed by atoms with Crippen molar-refractivity contribution in [1.82, 2.24) is 0 Å². The van der Waals surface area contributed by atoms with Gasteiger partial charge in [0.15, 0.2) is 6.10 Å². The molecule has 10 heteroatoms. The van der Waals surface area contributed by atoms with E-state index in [1.165, 1.54) is 0 Å². The van der Waals surface area contributed by atoms with E-state index in [1.54, 1.807) is 67.6 Å². The van der Waals surface area contributed by atoms with Crippen molar-refractivity contribution in [2.75, 3.05) is 0 Å². The fraction of sp³-hybridized carbons (Fsp3) is 0.318. The van der Waals surface area contributed by atoms with E-state index in [1.807, 2.05) is 0 Å². The van der Waals surface area contributed by atoms with Crippen LogP contribution >= 0.6 is 34.8 Å². The van der Waals surface area contributed by atoms with Crippen LogP contribution in [0.2, 0.25) is 0 Å². The van der Waals surface area contributed by atoms with E-state index < -0.39 is 46.2 Å². The number of hydrogen-bond donors (Lipinski definition) is 1. The molecule has 0 amide bonds. The Morgan fingerprint density at radius 3 is 1.81 bits per heavy atom. The molecule has 0 aromatic heterocycles. The Balaban J connectivity index is 1.77. The highest BCUT2D eigenvalue weighted by Gasteiger charge is 2.44. The van der Waals surface area contributed by atoms with Crippen LogP contribution < -0.4 is 0 Å². The van der Waals surface area contributed by atoms with Gasteiger partial charge in [0.1, 0.15) is 6.10 Å². The minimum atomic E-state index is -2.13. The van der Waals surface area contributed by atoms with E-state index >= 15 is 0 Å². The maximum atomic E-state index is 12.6. The van der Waals surface area contributed by atoms with Gasteiger partial charge >= 0.3 is 11.9 Å². The summed E-state index contributed by atoms with van der Waals surface area (Å²) in [6, 6.07) is 16.8. The lowest BCUT2D eigenvalue weighted by Gasteiger charge is -2.39. The normalized spacial score (nSPS) is 23.1. The number of rotatable bonds is 5. The van der Waals surface area contributed by atoms with Crippen LogP contribution in [0, 0.1) is 5.41 Å². The number of alkyl halides is 3. The van der Waals surface area contributed by atoms with E-state index in [-0.39, 0.29) is 6.42 Å². The summed E-state index contributed by atoms with van der Waals surface area (Å²) in [5, 5.41) is 7.83. The van der Waals surface area contributed by atoms with E-state index in [0.717, 1.165) is 0 Å². The number of ether oxygens (including phenoxy) is 4. The maximum Gasteiger partial charge on any atom is 0.338 e. The summed E-state index contributed by atoms with van der Waals surface area (Å²) in [5.41, 5.74) is 0.674. The molecule has 1 fully saturated rings. The first-order valence-electron chi connectivity index (χ1n) is 9.65. The predicted molar refractivity (Wildman–Crippen MR) is 119 cm³/mol. The average Bonchev–Trinajstić information content (AvgIpc) is 2.77. The fourth-order valence-electron chi connectivity index (χ4n) is 3.01. The minimum absolute atomic E-state index is 0.0517. The second kappa shape index (κ2) is 10.5. The fourth-order valence-corrected chi connectivity index (χ4v) is 3.15. The van der Waals surface area contributed by atoms with Crippen molar-refractivity contribution in [2.24, 2.45) is 0 Å². The molecule has 1 saturated heterocycles. The topological polar surface area (TPSA) is 94.9 Å². The number of hydrogen-bond acceptors (Lipinski definition) is 7. The van der Waals surface area contributed by atoms with E-state index in [0.29, 0.717) is 11.1 Å². The molecular formula is C22H20Cl3NO6. The van der Waals surface area contributed by atoms with Gasteiger partial charge in [-0.1, -0.05) is 71.2 Å². The molecule has 1 heterocycles. The smallest absolute Gasteiger partial charge is 0.338 e. The molecule has 1 aliphatic heterocycles. The number of nitrogens with one attached hydrogen (secondary N) is 1. The van der Waals surface area contributed by atoms with E-state index in [9.17, 15) is 9.59 Å². The van der Waals surface area contributed by atoms with Gasteiger partial charge in [-0.2, -0.15) is 0 Å². The highest BCUT2D eigenvalue weighted by atomic mass is 35.6. The summed E-state index contributed by atoms with van der Waals surface area (Å²) in [6.07, 6.45) is -3.64. The monoisotopic (exact) mass is 499 g/mol. The van der Waals surface area contributed by atoms with Gasteiger partial charge in [-0.05, 0) is 31.2 Å². The Labute approximate surface area is 200 Å². The lowest BCUT2D eigenvalue weighted by atomic mass is 10.0. The number of carbonyl (C=O) groups is 2. The highest BCUT2D eigenvalue weighted by molar-refractivity contribution is 6.76. The molecule has 32 heavy (non-hydrogen) atoms. The maximum absolute atomic E-state index is 12.6. The largest absolute Gasteiger partial charge is 0.456 e. The Hall–Kier alpha value is -2.32. The Morgan fingerprint density at radius 1 is 0.875 bits per heavy atom. The first-order chi connectivity index (χ1) is 15.1. The number of carbonyl (C=O) groups excluding carboxylic acids is 2. The van der Waals surface area contributed by atoms with Crippen LogP contribution in [0.1, 0.15) is 34.1 Å². The van der Waals surface area contributed by atoms with Crippen LogP contribution in [0.5, 0.6) is 0 Å². The summed E-state index contributed by atoms with van der Waals surface area (Å²) >= 11 is 17.1. The molecule has 1 N–H and O–H groups in total. The molecule has 2 aromatic rings. The van der Waals surface area contributed by atoms with Crippen LogP contribution in [0.4, 0.5) is 0 Å². The quantitative estimate of drug-likeness (QED) is 0.270. The first-order valence-corrected chi connectivity index (χ1v) is 10.8. The number of halogens is 3. The summed E-state index contributed by atoms with van der Waals surface area (Å²) in [5.74, 6) is -1.89. The van der Waals surface area contributed by atoms with Gasteiger partial charge in [0.25, 0.3) is 3.79 Å². The summed E-state index contributed by atoms with van der Waals surface area (Å²) in [7, 11) is 0. The molecular weight excluding hydrogens is 481 g/mol. The van der Waals surface area contributed by atoms with Crippen molar-refractivity contribution in [3.8, 4) is 0 Å². The van der Waals surface area contributed by atoms with Crippen LogP contribution in [-0.4, -0.2) is 46.2 Å². The Morgan fingerprint density at radius 2 is 1.34 bits per heavy atom. The van der Waals surface area contributed by atoms with Crippen molar-refractivity contribution in [3.05, 3.63) is 71.8 Å². The SMILES string of the molecule is CC1OC(OC(=N)C(Cl)(Cl)Cl)[C@@H](OC(=O)c2ccccc2)C[C@H]1OC(=O)c1ccccc1. The lowest BCUT2D eigenvalue weighted by Crippen LogP contribution is -2.51. The number of benzene rings is 2.